The van der Waals surface area contributed by atoms with Crippen LogP contribution in [-0.4, -0.2) is 27.7 Å². The van der Waals surface area contributed by atoms with Gasteiger partial charge in [-0.25, -0.2) is 13.1 Å². The van der Waals surface area contributed by atoms with Crippen molar-refractivity contribution in [3.63, 3.8) is 0 Å². The molecule has 0 bridgehead atoms. The lowest BCUT2D eigenvalue weighted by molar-refractivity contribution is 0.0984. The molecule has 0 fully saturated rings. The van der Waals surface area contributed by atoms with Crippen LogP contribution in [0.25, 0.3) is 0 Å². The molecular weight excluding hydrogens is 264 g/mol. The summed E-state index contributed by atoms with van der Waals surface area (Å²) in [6.45, 7) is 6.84. The molecule has 19 heavy (non-hydrogen) atoms. The Kier molecular flexibility index (Phi) is 5.78. The van der Waals surface area contributed by atoms with Gasteiger partial charge >= 0.3 is 0 Å². The SMILES string of the molecule is CC(C)COCC(C)NS(=O)(=O)c1ccc(N)cc1. The van der Waals surface area contributed by atoms with E-state index >= 15 is 0 Å². The maximum atomic E-state index is 12.0. The topological polar surface area (TPSA) is 81.4 Å². The van der Waals surface area contributed by atoms with Gasteiger partial charge in [-0.1, -0.05) is 13.8 Å². The van der Waals surface area contributed by atoms with Crippen LogP contribution in [0.5, 0.6) is 0 Å². The van der Waals surface area contributed by atoms with Gasteiger partial charge in [-0.15, -0.1) is 0 Å². The highest BCUT2D eigenvalue weighted by atomic mass is 32.2. The lowest BCUT2D eigenvalue weighted by Gasteiger charge is -2.15. The molecule has 1 aromatic rings. The van der Waals surface area contributed by atoms with Crippen LogP contribution in [-0.2, 0) is 14.8 Å². The zero-order valence-corrected chi connectivity index (χ0v) is 12.4. The van der Waals surface area contributed by atoms with Gasteiger partial charge in [0.25, 0.3) is 0 Å². The van der Waals surface area contributed by atoms with E-state index in [1.165, 1.54) is 12.1 Å². The van der Waals surface area contributed by atoms with E-state index in [1.54, 1.807) is 19.1 Å². The van der Waals surface area contributed by atoms with Crippen LogP contribution >= 0.6 is 0 Å². The average Bonchev–Trinajstić information content (AvgIpc) is 2.28. The minimum absolute atomic E-state index is 0.206. The number of nitrogen functional groups attached to an aromatic ring is 1. The van der Waals surface area contributed by atoms with E-state index in [0.29, 0.717) is 24.8 Å². The Morgan fingerprint density at radius 1 is 1.16 bits per heavy atom. The van der Waals surface area contributed by atoms with E-state index < -0.39 is 10.0 Å². The molecule has 0 heterocycles. The summed E-state index contributed by atoms with van der Waals surface area (Å²) in [4.78, 5) is 0.206. The van der Waals surface area contributed by atoms with E-state index in [4.69, 9.17) is 10.5 Å². The summed E-state index contributed by atoms with van der Waals surface area (Å²) < 4.78 is 32.1. The molecule has 5 nitrogen and oxygen atoms in total. The van der Waals surface area contributed by atoms with Crippen molar-refractivity contribution < 1.29 is 13.2 Å². The third kappa shape index (κ3) is 5.59. The Bertz CT molecular complexity index is 483. The van der Waals surface area contributed by atoms with E-state index in [1.807, 2.05) is 13.8 Å². The standard InChI is InChI=1S/C13H22N2O3S/c1-10(2)8-18-9-11(3)15-19(16,17)13-6-4-12(14)5-7-13/h4-7,10-11,15H,8-9,14H2,1-3H3. The predicted octanol–water partition coefficient (Wildman–Crippen LogP) is 1.61. The summed E-state index contributed by atoms with van der Waals surface area (Å²) in [5.74, 6) is 0.431. The third-order valence-electron chi connectivity index (χ3n) is 2.37. The molecule has 6 heteroatoms. The fourth-order valence-corrected chi connectivity index (χ4v) is 2.72. The Morgan fingerprint density at radius 3 is 2.26 bits per heavy atom. The maximum absolute atomic E-state index is 12.0. The van der Waals surface area contributed by atoms with Gasteiger partial charge in [0.2, 0.25) is 10.0 Å². The first kappa shape index (κ1) is 15.9. The van der Waals surface area contributed by atoms with Gasteiger partial charge in [0, 0.05) is 18.3 Å². The molecule has 0 aliphatic carbocycles. The summed E-state index contributed by atoms with van der Waals surface area (Å²) in [5, 5.41) is 0. The lowest BCUT2D eigenvalue weighted by Crippen LogP contribution is -2.36. The van der Waals surface area contributed by atoms with E-state index in [2.05, 4.69) is 4.72 Å². The van der Waals surface area contributed by atoms with Crippen molar-refractivity contribution in [1.82, 2.24) is 4.72 Å². The van der Waals surface area contributed by atoms with Crippen molar-refractivity contribution in [2.75, 3.05) is 18.9 Å². The Balaban J connectivity index is 2.57. The van der Waals surface area contributed by atoms with Crippen molar-refractivity contribution in [1.29, 1.82) is 0 Å². The monoisotopic (exact) mass is 286 g/mol. The lowest BCUT2D eigenvalue weighted by atomic mass is 10.2. The van der Waals surface area contributed by atoms with Crippen molar-refractivity contribution >= 4 is 15.7 Å². The van der Waals surface area contributed by atoms with Gasteiger partial charge in [-0.05, 0) is 37.1 Å². The third-order valence-corrected chi connectivity index (χ3v) is 3.97. The van der Waals surface area contributed by atoms with Gasteiger partial charge in [0.15, 0.2) is 0 Å². The molecule has 0 aliphatic rings. The highest BCUT2D eigenvalue weighted by Gasteiger charge is 2.17. The number of sulfonamides is 1. The van der Waals surface area contributed by atoms with Crippen LogP contribution in [0.15, 0.2) is 29.2 Å². The number of nitrogens with two attached hydrogens (primary N) is 1. The van der Waals surface area contributed by atoms with E-state index in [-0.39, 0.29) is 10.9 Å². The number of rotatable bonds is 7. The maximum Gasteiger partial charge on any atom is 0.240 e. The van der Waals surface area contributed by atoms with E-state index in [0.717, 1.165) is 0 Å². The van der Waals surface area contributed by atoms with Crippen LogP contribution in [0.3, 0.4) is 0 Å². The number of hydrogen-bond donors (Lipinski definition) is 2. The first-order chi connectivity index (χ1) is 8.81. The number of ether oxygens (including phenoxy) is 1. The second kappa shape index (κ2) is 6.88. The zero-order valence-electron chi connectivity index (χ0n) is 11.6. The van der Waals surface area contributed by atoms with Crippen molar-refractivity contribution in [3.8, 4) is 0 Å². The summed E-state index contributed by atoms with van der Waals surface area (Å²) >= 11 is 0. The highest BCUT2D eigenvalue weighted by Crippen LogP contribution is 2.12. The molecule has 108 valence electrons. The minimum atomic E-state index is -3.51. The highest BCUT2D eigenvalue weighted by molar-refractivity contribution is 7.89. The molecule has 0 aromatic heterocycles. The van der Waals surface area contributed by atoms with Crippen molar-refractivity contribution in [3.05, 3.63) is 24.3 Å². The van der Waals surface area contributed by atoms with Gasteiger partial charge in [0.05, 0.1) is 11.5 Å². The number of nitrogens with one attached hydrogen (secondary N) is 1. The molecule has 3 N–H and O–H groups in total. The Morgan fingerprint density at radius 2 is 1.74 bits per heavy atom. The molecule has 0 spiro atoms. The van der Waals surface area contributed by atoms with Crippen LogP contribution in [0, 0.1) is 5.92 Å². The molecule has 0 saturated carbocycles. The summed E-state index contributed by atoms with van der Waals surface area (Å²) in [5.41, 5.74) is 6.06. The molecule has 1 unspecified atom stereocenters. The van der Waals surface area contributed by atoms with Gasteiger partial charge < -0.3 is 10.5 Å². The normalized spacial score (nSPS) is 13.7. The molecule has 0 amide bonds. The number of hydrogen-bond acceptors (Lipinski definition) is 4. The second-order valence-electron chi connectivity index (χ2n) is 5.02. The first-order valence-corrected chi connectivity index (χ1v) is 7.75. The van der Waals surface area contributed by atoms with Crippen LogP contribution in [0.2, 0.25) is 0 Å². The minimum Gasteiger partial charge on any atom is -0.399 e. The average molecular weight is 286 g/mol. The van der Waals surface area contributed by atoms with E-state index in [9.17, 15) is 8.42 Å². The van der Waals surface area contributed by atoms with Crippen molar-refractivity contribution in [2.45, 2.75) is 31.7 Å². The fourth-order valence-electron chi connectivity index (χ4n) is 1.49. The first-order valence-electron chi connectivity index (χ1n) is 6.27. The van der Waals surface area contributed by atoms with Crippen molar-refractivity contribution in [2.24, 2.45) is 5.92 Å². The number of anilines is 1. The smallest absolute Gasteiger partial charge is 0.240 e. The Labute approximate surface area is 115 Å². The summed E-state index contributed by atoms with van der Waals surface area (Å²) in [6, 6.07) is 5.82. The van der Waals surface area contributed by atoms with Crippen LogP contribution in [0.1, 0.15) is 20.8 Å². The predicted molar refractivity (Wildman–Crippen MR) is 76.3 cm³/mol. The van der Waals surface area contributed by atoms with Gasteiger partial charge in [0.1, 0.15) is 0 Å². The zero-order chi connectivity index (χ0) is 14.5. The quantitative estimate of drug-likeness (QED) is 0.746. The van der Waals surface area contributed by atoms with Gasteiger partial charge in [-0.2, -0.15) is 0 Å². The molecule has 0 radical (unpaired) electrons. The van der Waals surface area contributed by atoms with Crippen LogP contribution < -0.4 is 10.5 Å². The molecule has 1 aromatic carbocycles. The largest absolute Gasteiger partial charge is 0.399 e. The second-order valence-corrected chi connectivity index (χ2v) is 6.74. The molecular formula is C13H22N2O3S. The summed E-state index contributed by atoms with van der Waals surface area (Å²) in [6.07, 6.45) is 0. The molecule has 0 aliphatic heterocycles. The van der Waals surface area contributed by atoms with Gasteiger partial charge in [-0.3, -0.25) is 0 Å². The fraction of sp³-hybridized carbons (Fsp3) is 0.538. The molecule has 1 atom stereocenters. The number of benzene rings is 1. The molecule has 1 rings (SSSR count). The summed E-state index contributed by atoms with van der Waals surface area (Å²) in [7, 11) is -3.51. The Hall–Kier alpha value is -1.11. The van der Waals surface area contributed by atoms with Crippen LogP contribution in [0.4, 0.5) is 5.69 Å². The molecule has 0 saturated heterocycles.